The van der Waals surface area contributed by atoms with Gasteiger partial charge in [-0.15, -0.1) is 0 Å². The highest BCUT2D eigenvalue weighted by atomic mass is 19.1. The van der Waals surface area contributed by atoms with Gasteiger partial charge in [-0.25, -0.2) is 4.39 Å². The Bertz CT molecular complexity index is 1130. The van der Waals surface area contributed by atoms with E-state index in [1.165, 1.54) is 30.5 Å². The number of pyridine rings is 1. The zero-order chi connectivity index (χ0) is 20.5. The third kappa shape index (κ3) is 3.12. The van der Waals surface area contributed by atoms with Gasteiger partial charge in [0.15, 0.2) is 0 Å². The summed E-state index contributed by atoms with van der Waals surface area (Å²) in [6, 6.07) is 14.9. The number of Topliss-reactive ketones (excluding diaryl/α,β-unsaturated/α-hetero) is 1. The van der Waals surface area contributed by atoms with E-state index in [9.17, 15) is 24.2 Å². The molecule has 2 aromatic carbocycles. The van der Waals surface area contributed by atoms with Crippen molar-refractivity contribution in [2.75, 3.05) is 4.90 Å². The van der Waals surface area contributed by atoms with Gasteiger partial charge in [0.1, 0.15) is 23.4 Å². The summed E-state index contributed by atoms with van der Waals surface area (Å²) in [5.74, 6) is -2.98. The zero-order valence-corrected chi connectivity index (χ0v) is 15.0. The van der Waals surface area contributed by atoms with Gasteiger partial charge in [-0.2, -0.15) is 0 Å². The molecule has 1 amide bonds. The normalized spacial score (nSPS) is 18.2. The third-order valence-corrected chi connectivity index (χ3v) is 4.67. The molecule has 1 aromatic heterocycles. The van der Waals surface area contributed by atoms with Gasteiger partial charge in [0.2, 0.25) is 0 Å². The molecule has 1 aliphatic rings. The predicted molar refractivity (Wildman–Crippen MR) is 104 cm³/mol. The number of aliphatic hydroxyl groups excluding tert-OH is 1. The summed E-state index contributed by atoms with van der Waals surface area (Å²) in [6.07, 6.45) is 1.50. The van der Waals surface area contributed by atoms with E-state index < -0.39 is 29.3 Å². The molecule has 1 aliphatic heterocycles. The lowest BCUT2D eigenvalue weighted by molar-refractivity contribution is -0.132. The fraction of sp³-hybridized carbons (Fsp3) is 0.0455. The molecular weight excluding hydrogens is 375 g/mol. The number of halogens is 1. The van der Waals surface area contributed by atoms with Gasteiger partial charge in [0.25, 0.3) is 11.7 Å². The molecule has 0 bridgehead atoms. The molecule has 2 heterocycles. The number of para-hydroxylation sites is 2. The summed E-state index contributed by atoms with van der Waals surface area (Å²) in [4.78, 5) is 31.1. The van der Waals surface area contributed by atoms with Crippen LogP contribution in [0, 0.1) is 5.82 Å². The lowest BCUT2D eigenvalue weighted by Gasteiger charge is -2.25. The van der Waals surface area contributed by atoms with Crippen LogP contribution in [0.15, 0.2) is 78.5 Å². The quantitative estimate of drug-likeness (QED) is 0.405. The van der Waals surface area contributed by atoms with E-state index in [1.54, 1.807) is 30.3 Å². The van der Waals surface area contributed by atoms with E-state index in [0.717, 1.165) is 17.0 Å². The van der Waals surface area contributed by atoms with Gasteiger partial charge in [-0.3, -0.25) is 19.5 Å². The Morgan fingerprint density at radius 2 is 1.66 bits per heavy atom. The number of anilines is 1. The van der Waals surface area contributed by atoms with Crippen molar-refractivity contribution >= 4 is 23.1 Å². The van der Waals surface area contributed by atoms with Crippen LogP contribution in [0.2, 0.25) is 0 Å². The Morgan fingerprint density at radius 3 is 2.31 bits per heavy atom. The van der Waals surface area contributed by atoms with E-state index in [4.69, 9.17) is 0 Å². The summed E-state index contributed by atoms with van der Waals surface area (Å²) in [5, 5.41) is 21.1. The number of aromatic nitrogens is 1. The van der Waals surface area contributed by atoms with Crippen molar-refractivity contribution in [3.63, 3.8) is 0 Å². The lowest BCUT2D eigenvalue weighted by Crippen LogP contribution is -2.29. The van der Waals surface area contributed by atoms with Gasteiger partial charge < -0.3 is 10.2 Å². The van der Waals surface area contributed by atoms with Crippen LogP contribution in [-0.2, 0) is 9.59 Å². The number of rotatable bonds is 3. The monoisotopic (exact) mass is 390 g/mol. The molecule has 1 saturated heterocycles. The first-order valence-corrected chi connectivity index (χ1v) is 8.75. The molecule has 2 N–H and O–H groups in total. The summed E-state index contributed by atoms with van der Waals surface area (Å²) in [7, 11) is 0. The second-order valence-corrected chi connectivity index (χ2v) is 6.42. The highest BCUT2D eigenvalue weighted by molar-refractivity contribution is 6.51. The number of hydrogen-bond donors (Lipinski definition) is 2. The Balaban J connectivity index is 1.96. The Labute approximate surface area is 165 Å². The summed E-state index contributed by atoms with van der Waals surface area (Å²) < 4.78 is 13.3. The number of aliphatic hydroxyl groups is 1. The van der Waals surface area contributed by atoms with Crippen molar-refractivity contribution in [2.24, 2.45) is 0 Å². The largest absolute Gasteiger partial charge is 0.507 e. The molecule has 1 fully saturated rings. The topological polar surface area (TPSA) is 90.7 Å². The van der Waals surface area contributed by atoms with Crippen molar-refractivity contribution in [2.45, 2.75) is 6.04 Å². The number of aromatic hydroxyl groups is 1. The van der Waals surface area contributed by atoms with Gasteiger partial charge in [0.05, 0.1) is 17.0 Å². The molecular formula is C22H15FN2O4. The highest BCUT2D eigenvalue weighted by Crippen LogP contribution is 2.43. The number of benzene rings is 2. The Hall–Kier alpha value is -4.00. The molecule has 29 heavy (non-hydrogen) atoms. The molecule has 0 spiro atoms. The van der Waals surface area contributed by atoms with E-state index >= 15 is 0 Å². The molecule has 6 nitrogen and oxygen atoms in total. The number of carbonyl (C=O) groups excluding carboxylic acids is 2. The minimum absolute atomic E-state index is 0.114. The number of phenols is 1. The minimum Gasteiger partial charge on any atom is -0.507 e. The fourth-order valence-corrected chi connectivity index (χ4v) is 3.33. The van der Waals surface area contributed by atoms with Crippen molar-refractivity contribution in [3.8, 4) is 5.75 Å². The molecule has 3 aromatic rings. The van der Waals surface area contributed by atoms with E-state index in [-0.39, 0.29) is 22.6 Å². The number of nitrogens with zero attached hydrogens (tertiary/aromatic N) is 2. The molecule has 1 atom stereocenters. The number of carbonyl (C=O) groups is 2. The summed E-state index contributed by atoms with van der Waals surface area (Å²) in [6.45, 7) is 0. The van der Waals surface area contributed by atoms with E-state index in [0.29, 0.717) is 5.69 Å². The van der Waals surface area contributed by atoms with Gasteiger partial charge >= 0.3 is 0 Å². The smallest absolute Gasteiger partial charge is 0.300 e. The predicted octanol–water partition coefficient (Wildman–Crippen LogP) is 3.55. The van der Waals surface area contributed by atoms with Gasteiger partial charge in [0, 0.05) is 11.8 Å². The zero-order valence-electron chi connectivity index (χ0n) is 15.0. The number of amides is 1. The second kappa shape index (κ2) is 7.20. The lowest BCUT2D eigenvalue weighted by atomic mass is 9.98. The summed E-state index contributed by atoms with van der Waals surface area (Å²) in [5.41, 5.74) is 0.438. The molecule has 144 valence electrons. The molecule has 7 heteroatoms. The maximum atomic E-state index is 13.3. The average Bonchev–Trinajstić information content (AvgIpc) is 3.00. The maximum Gasteiger partial charge on any atom is 0.300 e. The fourth-order valence-electron chi connectivity index (χ4n) is 3.33. The highest BCUT2D eigenvalue weighted by Gasteiger charge is 2.48. The Morgan fingerprint density at radius 1 is 0.966 bits per heavy atom. The molecule has 0 aliphatic carbocycles. The van der Waals surface area contributed by atoms with Crippen LogP contribution < -0.4 is 4.90 Å². The van der Waals surface area contributed by atoms with Crippen molar-refractivity contribution in [1.29, 1.82) is 0 Å². The standard InChI is InChI=1S/C22H15FN2O4/c23-14-10-8-13(9-11-14)20(27)18-19(15-5-3-4-12-24-15)25(22(29)21(18)28)16-6-1-2-7-17(16)26/h1-12,19,26-27H/b20-18-. The average molecular weight is 390 g/mol. The first-order valence-electron chi connectivity index (χ1n) is 8.75. The van der Waals surface area contributed by atoms with E-state index in [2.05, 4.69) is 4.98 Å². The second-order valence-electron chi connectivity index (χ2n) is 6.42. The molecule has 0 saturated carbocycles. The number of ketones is 1. The van der Waals surface area contributed by atoms with Crippen LogP contribution in [0.5, 0.6) is 5.75 Å². The van der Waals surface area contributed by atoms with Gasteiger partial charge in [-0.05, 0) is 48.5 Å². The van der Waals surface area contributed by atoms with Crippen LogP contribution in [0.25, 0.3) is 5.76 Å². The molecule has 0 radical (unpaired) electrons. The first-order chi connectivity index (χ1) is 14.0. The number of phenolic OH excluding ortho intramolecular Hbond substituents is 1. The molecule has 1 unspecified atom stereocenters. The third-order valence-electron chi connectivity index (χ3n) is 4.67. The van der Waals surface area contributed by atoms with Crippen LogP contribution in [0.1, 0.15) is 17.3 Å². The van der Waals surface area contributed by atoms with Crippen molar-refractivity contribution in [3.05, 3.63) is 95.6 Å². The number of hydrogen-bond acceptors (Lipinski definition) is 5. The van der Waals surface area contributed by atoms with Crippen LogP contribution in [0.3, 0.4) is 0 Å². The van der Waals surface area contributed by atoms with Gasteiger partial charge in [-0.1, -0.05) is 18.2 Å². The van der Waals surface area contributed by atoms with Crippen LogP contribution in [0.4, 0.5) is 10.1 Å². The maximum absolute atomic E-state index is 13.3. The van der Waals surface area contributed by atoms with Crippen LogP contribution in [-0.4, -0.2) is 26.9 Å². The van der Waals surface area contributed by atoms with Crippen molar-refractivity contribution in [1.82, 2.24) is 4.98 Å². The minimum atomic E-state index is -1.06. The van der Waals surface area contributed by atoms with Crippen LogP contribution >= 0.6 is 0 Å². The van der Waals surface area contributed by atoms with E-state index in [1.807, 2.05) is 0 Å². The molecule has 4 rings (SSSR count). The SMILES string of the molecule is O=C1C(=O)N(c2ccccc2O)C(c2ccccn2)/C1=C(/O)c1ccc(F)cc1. The Kier molecular flexibility index (Phi) is 4.56. The first kappa shape index (κ1) is 18.4. The summed E-state index contributed by atoms with van der Waals surface area (Å²) >= 11 is 0. The van der Waals surface area contributed by atoms with Crippen molar-refractivity contribution < 1.29 is 24.2 Å².